The molecule has 1 atom stereocenters. The molecule has 0 spiro atoms. The Morgan fingerprint density at radius 3 is 2.64 bits per heavy atom. The van der Waals surface area contributed by atoms with E-state index in [4.69, 9.17) is 0 Å². The molecular weight excluding hydrogens is 314 g/mol. The Morgan fingerprint density at radius 2 is 2.00 bits per heavy atom. The molecule has 0 fully saturated rings. The monoisotopic (exact) mass is 335 g/mol. The third kappa shape index (κ3) is 4.67. The van der Waals surface area contributed by atoms with Gasteiger partial charge in [0.2, 0.25) is 0 Å². The predicted molar refractivity (Wildman–Crippen MR) is 97.2 cm³/mol. The second kappa shape index (κ2) is 7.61. The fourth-order valence-electron chi connectivity index (χ4n) is 2.59. The zero-order chi connectivity index (χ0) is 17.6. The lowest BCUT2D eigenvalue weighted by molar-refractivity contribution is 0.248. The molecule has 0 radical (unpaired) electrons. The fourth-order valence-corrected chi connectivity index (χ4v) is 2.59. The van der Waals surface area contributed by atoms with Gasteiger partial charge in [-0.3, -0.25) is 15.0 Å². The highest BCUT2D eigenvalue weighted by Crippen LogP contribution is 2.18. The number of aromatic nitrogens is 3. The SMILES string of the molecule is Cc1ccc(CC(NC(=O)Nc2ccn(C)n2)c2cccnc2)cc1. The van der Waals surface area contributed by atoms with Crippen molar-refractivity contribution in [3.05, 3.63) is 77.7 Å². The van der Waals surface area contributed by atoms with Crippen molar-refractivity contribution in [2.24, 2.45) is 7.05 Å². The van der Waals surface area contributed by atoms with Crippen LogP contribution in [-0.2, 0) is 13.5 Å². The quantitative estimate of drug-likeness (QED) is 0.752. The molecule has 1 unspecified atom stereocenters. The van der Waals surface area contributed by atoms with Crippen LogP contribution in [0.1, 0.15) is 22.7 Å². The Balaban J connectivity index is 1.74. The van der Waals surface area contributed by atoms with Gasteiger partial charge < -0.3 is 5.32 Å². The van der Waals surface area contributed by atoms with Gasteiger partial charge in [0.1, 0.15) is 0 Å². The summed E-state index contributed by atoms with van der Waals surface area (Å²) in [6, 6.07) is 13.4. The minimum Gasteiger partial charge on any atom is -0.331 e. The number of aryl methyl sites for hydroxylation is 2. The van der Waals surface area contributed by atoms with Crippen molar-refractivity contribution >= 4 is 11.8 Å². The molecule has 3 aromatic rings. The molecule has 128 valence electrons. The van der Waals surface area contributed by atoms with E-state index in [0.29, 0.717) is 12.2 Å². The Hall–Kier alpha value is -3.15. The highest BCUT2D eigenvalue weighted by Gasteiger charge is 2.16. The highest BCUT2D eigenvalue weighted by atomic mass is 16.2. The lowest BCUT2D eigenvalue weighted by Crippen LogP contribution is -2.34. The van der Waals surface area contributed by atoms with Crippen LogP contribution >= 0.6 is 0 Å². The normalized spacial score (nSPS) is 11.8. The average Bonchev–Trinajstić information content (AvgIpc) is 3.01. The molecule has 2 heterocycles. The van der Waals surface area contributed by atoms with Crippen LogP contribution in [0.4, 0.5) is 10.6 Å². The average molecular weight is 335 g/mol. The van der Waals surface area contributed by atoms with Crippen molar-refractivity contribution in [2.45, 2.75) is 19.4 Å². The number of nitrogens with zero attached hydrogens (tertiary/aromatic N) is 3. The van der Waals surface area contributed by atoms with E-state index in [9.17, 15) is 4.79 Å². The summed E-state index contributed by atoms with van der Waals surface area (Å²) in [7, 11) is 1.80. The molecule has 0 aliphatic carbocycles. The van der Waals surface area contributed by atoms with Gasteiger partial charge in [-0.15, -0.1) is 0 Å². The molecule has 25 heavy (non-hydrogen) atoms. The van der Waals surface area contributed by atoms with E-state index in [2.05, 4.69) is 51.9 Å². The second-order valence-electron chi connectivity index (χ2n) is 6.00. The van der Waals surface area contributed by atoms with Crippen LogP contribution in [0.2, 0.25) is 0 Å². The molecule has 0 aliphatic heterocycles. The number of nitrogens with one attached hydrogen (secondary N) is 2. The molecule has 0 bridgehead atoms. The van der Waals surface area contributed by atoms with Crippen LogP contribution in [0.5, 0.6) is 0 Å². The zero-order valence-corrected chi connectivity index (χ0v) is 14.3. The number of rotatable bonds is 5. The molecule has 6 heteroatoms. The maximum Gasteiger partial charge on any atom is 0.320 e. The van der Waals surface area contributed by atoms with E-state index in [1.165, 1.54) is 5.56 Å². The van der Waals surface area contributed by atoms with Gasteiger partial charge in [0.15, 0.2) is 5.82 Å². The van der Waals surface area contributed by atoms with Gasteiger partial charge in [-0.25, -0.2) is 4.79 Å². The van der Waals surface area contributed by atoms with Gasteiger partial charge in [-0.2, -0.15) is 5.10 Å². The molecule has 0 saturated heterocycles. The Labute approximate surface area is 146 Å². The van der Waals surface area contributed by atoms with E-state index >= 15 is 0 Å². The first-order valence-electron chi connectivity index (χ1n) is 8.13. The standard InChI is InChI=1S/C19H21N5O/c1-14-5-7-15(8-6-14)12-17(16-4-3-10-20-13-16)21-19(25)22-18-9-11-24(2)23-18/h3-11,13,17H,12H2,1-2H3,(H2,21,22,23,25). The van der Waals surface area contributed by atoms with Crippen LogP contribution < -0.4 is 10.6 Å². The summed E-state index contributed by atoms with van der Waals surface area (Å²) in [4.78, 5) is 16.5. The number of carbonyl (C=O) groups excluding carboxylic acids is 1. The number of carbonyl (C=O) groups is 1. The molecule has 2 N–H and O–H groups in total. The van der Waals surface area contributed by atoms with Gasteiger partial charge in [-0.1, -0.05) is 35.9 Å². The molecule has 2 aromatic heterocycles. The number of hydrogen-bond donors (Lipinski definition) is 2. The van der Waals surface area contributed by atoms with Gasteiger partial charge in [0.25, 0.3) is 0 Å². The summed E-state index contributed by atoms with van der Waals surface area (Å²) >= 11 is 0. The topological polar surface area (TPSA) is 71.8 Å². The number of urea groups is 1. The van der Waals surface area contributed by atoms with E-state index in [1.54, 1.807) is 36.4 Å². The van der Waals surface area contributed by atoms with Gasteiger partial charge in [0, 0.05) is 31.7 Å². The summed E-state index contributed by atoms with van der Waals surface area (Å²) in [5, 5.41) is 9.93. The number of pyridine rings is 1. The number of hydrogen-bond acceptors (Lipinski definition) is 3. The van der Waals surface area contributed by atoms with E-state index in [0.717, 1.165) is 11.1 Å². The lowest BCUT2D eigenvalue weighted by atomic mass is 9.99. The minimum atomic E-state index is -0.292. The highest BCUT2D eigenvalue weighted by molar-refractivity contribution is 5.88. The molecule has 6 nitrogen and oxygen atoms in total. The minimum absolute atomic E-state index is 0.180. The zero-order valence-electron chi connectivity index (χ0n) is 14.3. The van der Waals surface area contributed by atoms with Crippen LogP contribution in [0.25, 0.3) is 0 Å². The van der Waals surface area contributed by atoms with E-state index in [-0.39, 0.29) is 12.1 Å². The Morgan fingerprint density at radius 1 is 1.20 bits per heavy atom. The van der Waals surface area contributed by atoms with Gasteiger partial charge in [0.05, 0.1) is 6.04 Å². The van der Waals surface area contributed by atoms with E-state index < -0.39 is 0 Å². The van der Waals surface area contributed by atoms with Crippen LogP contribution in [-0.4, -0.2) is 20.8 Å². The predicted octanol–water partition coefficient (Wildman–Crippen LogP) is 3.23. The maximum atomic E-state index is 12.4. The van der Waals surface area contributed by atoms with Crippen molar-refractivity contribution in [1.82, 2.24) is 20.1 Å². The first kappa shape index (κ1) is 16.7. The fraction of sp³-hybridized carbons (Fsp3) is 0.211. The van der Waals surface area contributed by atoms with Crippen LogP contribution in [0.3, 0.4) is 0 Å². The van der Waals surface area contributed by atoms with E-state index in [1.807, 2.05) is 12.1 Å². The summed E-state index contributed by atoms with van der Waals surface area (Å²) in [6.45, 7) is 2.06. The smallest absolute Gasteiger partial charge is 0.320 e. The Kier molecular flexibility index (Phi) is 5.09. The summed E-state index contributed by atoms with van der Waals surface area (Å²) in [5.41, 5.74) is 3.32. The number of amides is 2. The first-order chi connectivity index (χ1) is 12.1. The second-order valence-corrected chi connectivity index (χ2v) is 6.00. The summed E-state index contributed by atoms with van der Waals surface area (Å²) in [5.74, 6) is 0.514. The maximum absolute atomic E-state index is 12.4. The van der Waals surface area contributed by atoms with Gasteiger partial charge >= 0.3 is 6.03 Å². The van der Waals surface area contributed by atoms with Crippen molar-refractivity contribution in [3.63, 3.8) is 0 Å². The number of benzene rings is 1. The molecule has 2 amide bonds. The molecular formula is C19H21N5O. The molecule has 0 aliphatic rings. The largest absolute Gasteiger partial charge is 0.331 e. The number of anilines is 1. The molecule has 3 rings (SSSR count). The summed E-state index contributed by atoms with van der Waals surface area (Å²) in [6.07, 6.45) is 5.96. The summed E-state index contributed by atoms with van der Waals surface area (Å²) < 4.78 is 1.64. The molecule has 1 aromatic carbocycles. The van der Waals surface area contributed by atoms with Crippen molar-refractivity contribution in [2.75, 3.05) is 5.32 Å². The van der Waals surface area contributed by atoms with Crippen LogP contribution in [0.15, 0.2) is 61.1 Å². The first-order valence-corrected chi connectivity index (χ1v) is 8.13. The molecule has 0 saturated carbocycles. The van der Waals surface area contributed by atoms with Crippen LogP contribution in [0, 0.1) is 6.92 Å². The Bertz CT molecular complexity index is 827. The third-order valence-electron chi connectivity index (χ3n) is 3.91. The lowest BCUT2D eigenvalue weighted by Gasteiger charge is -2.19. The van der Waals surface area contributed by atoms with Gasteiger partial charge in [-0.05, 0) is 30.5 Å². The van der Waals surface area contributed by atoms with Crippen molar-refractivity contribution in [3.8, 4) is 0 Å². The van der Waals surface area contributed by atoms with Crippen molar-refractivity contribution < 1.29 is 4.79 Å². The van der Waals surface area contributed by atoms with Crippen molar-refractivity contribution in [1.29, 1.82) is 0 Å². The third-order valence-corrected chi connectivity index (χ3v) is 3.91.